The van der Waals surface area contributed by atoms with E-state index in [0.717, 1.165) is 23.2 Å². The molecule has 1 heterocycles. The van der Waals surface area contributed by atoms with Crippen LogP contribution in [0.1, 0.15) is 5.56 Å². The lowest BCUT2D eigenvalue weighted by Gasteiger charge is -2.07. The summed E-state index contributed by atoms with van der Waals surface area (Å²) < 4.78 is 6.85. The number of anilines is 1. The predicted molar refractivity (Wildman–Crippen MR) is 73.7 cm³/mol. The van der Waals surface area contributed by atoms with Crippen LogP contribution in [-0.2, 0) is 11.3 Å². The molecular weight excluding hydrogens is 250 g/mol. The van der Waals surface area contributed by atoms with Crippen LogP contribution in [0.4, 0.5) is 5.69 Å². The maximum atomic E-state index is 6.30. The highest BCUT2D eigenvalue weighted by Crippen LogP contribution is 2.32. The Kier molecular flexibility index (Phi) is 3.89. The minimum absolute atomic E-state index is 0.635. The molecule has 1 aromatic heterocycles. The van der Waals surface area contributed by atoms with Gasteiger partial charge in [0.1, 0.15) is 0 Å². The van der Waals surface area contributed by atoms with Gasteiger partial charge in [-0.15, -0.1) is 0 Å². The Bertz CT molecular complexity index is 551. The zero-order chi connectivity index (χ0) is 13.1. The van der Waals surface area contributed by atoms with Gasteiger partial charge in [0, 0.05) is 30.1 Å². The first-order valence-electron chi connectivity index (χ1n) is 5.70. The lowest BCUT2D eigenvalue weighted by molar-refractivity contribution is 0.183. The van der Waals surface area contributed by atoms with Gasteiger partial charge in [-0.1, -0.05) is 17.7 Å². The number of rotatable bonds is 4. The molecule has 0 saturated heterocycles. The number of nitrogens with two attached hydrogens (primary N) is 1. The predicted octanol–water partition coefficient (Wildman–Crippen LogP) is 2.74. The Labute approximate surface area is 111 Å². The van der Waals surface area contributed by atoms with Crippen molar-refractivity contribution in [1.29, 1.82) is 0 Å². The Hall–Kier alpha value is -1.52. The van der Waals surface area contributed by atoms with Gasteiger partial charge in [0.25, 0.3) is 0 Å². The summed E-state index contributed by atoms with van der Waals surface area (Å²) in [6.07, 6.45) is 3.75. The molecule has 0 saturated carbocycles. The van der Waals surface area contributed by atoms with E-state index in [1.54, 1.807) is 13.3 Å². The van der Waals surface area contributed by atoms with Gasteiger partial charge in [0.05, 0.1) is 24.4 Å². The van der Waals surface area contributed by atoms with Crippen LogP contribution in [-0.4, -0.2) is 23.5 Å². The molecule has 96 valence electrons. The first-order chi connectivity index (χ1) is 8.63. The van der Waals surface area contributed by atoms with Crippen LogP contribution >= 0.6 is 11.6 Å². The van der Waals surface area contributed by atoms with E-state index in [4.69, 9.17) is 22.1 Å². The number of aromatic nitrogens is 2. The maximum Gasteiger partial charge on any atom is 0.0658 e. The Balaban J connectivity index is 2.31. The highest BCUT2D eigenvalue weighted by Gasteiger charge is 2.10. The van der Waals surface area contributed by atoms with Crippen molar-refractivity contribution in [1.82, 2.24) is 9.78 Å². The maximum absolute atomic E-state index is 6.30. The fourth-order valence-electron chi connectivity index (χ4n) is 1.73. The van der Waals surface area contributed by atoms with Crippen molar-refractivity contribution in [3.63, 3.8) is 0 Å². The molecule has 0 aliphatic rings. The van der Waals surface area contributed by atoms with E-state index >= 15 is 0 Å². The Morgan fingerprint density at radius 3 is 2.94 bits per heavy atom. The Morgan fingerprint density at radius 1 is 1.44 bits per heavy atom. The van der Waals surface area contributed by atoms with Gasteiger partial charge < -0.3 is 10.5 Å². The van der Waals surface area contributed by atoms with Crippen LogP contribution in [0.3, 0.4) is 0 Å². The Morgan fingerprint density at radius 2 is 2.22 bits per heavy atom. The van der Waals surface area contributed by atoms with E-state index in [-0.39, 0.29) is 0 Å². The molecule has 2 N–H and O–H groups in total. The summed E-state index contributed by atoms with van der Waals surface area (Å²) in [4.78, 5) is 0. The van der Waals surface area contributed by atoms with Crippen LogP contribution in [0.15, 0.2) is 24.5 Å². The SMILES string of the molecule is COCCn1cc(-c2ccc(N)c(C)c2Cl)cn1. The summed E-state index contributed by atoms with van der Waals surface area (Å²) in [5.41, 5.74) is 9.36. The van der Waals surface area contributed by atoms with Crippen molar-refractivity contribution < 1.29 is 4.74 Å². The van der Waals surface area contributed by atoms with Gasteiger partial charge in [-0.2, -0.15) is 5.10 Å². The molecule has 0 fully saturated rings. The summed E-state index contributed by atoms with van der Waals surface area (Å²) in [7, 11) is 1.67. The second-order valence-corrected chi connectivity index (χ2v) is 4.50. The first-order valence-corrected chi connectivity index (χ1v) is 6.07. The third-order valence-electron chi connectivity index (χ3n) is 2.90. The molecule has 0 amide bonds. The minimum atomic E-state index is 0.635. The minimum Gasteiger partial charge on any atom is -0.398 e. The zero-order valence-corrected chi connectivity index (χ0v) is 11.2. The fourth-order valence-corrected chi connectivity index (χ4v) is 2.01. The number of benzene rings is 1. The second-order valence-electron chi connectivity index (χ2n) is 4.13. The van der Waals surface area contributed by atoms with Crippen LogP contribution in [0, 0.1) is 6.92 Å². The van der Waals surface area contributed by atoms with Gasteiger partial charge in [-0.25, -0.2) is 0 Å². The number of methoxy groups -OCH3 is 1. The number of halogens is 1. The fraction of sp³-hybridized carbons (Fsp3) is 0.308. The molecule has 0 aliphatic heterocycles. The third-order valence-corrected chi connectivity index (χ3v) is 3.38. The number of hydrogen-bond donors (Lipinski definition) is 1. The summed E-state index contributed by atoms with van der Waals surface area (Å²) >= 11 is 6.30. The number of nitrogens with zero attached hydrogens (tertiary/aromatic N) is 2. The van der Waals surface area contributed by atoms with E-state index < -0.39 is 0 Å². The third kappa shape index (κ3) is 2.49. The summed E-state index contributed by atoms with van der Waals surface area (Å²) in [6.45, 7) is 3.27. The van der Waals surface area contributed by atoms with Crippen molar-refractivity contribution in [2.75, 3.05) is 19.5 Å². The number of ether oxygens (including phenoxy) is 1. The second kappa shape index (κ2) is 5.42. The molecule has 0 spiro atoms. The van der Waals surface area contributed by atoms with Crippen molar-refractivity contribution in [3.8, 4) is 11.1 Å². The van der Waals surface area contributed by atoms with Crippen molar-refractivity contribution >= 4 is 17.3 Å². The molecular formula is C13H16ClN3O. The van der Waals surface area contributed by atoms with E-state index in [1.807, 2.05) is 29.9 Å². The van der Waals surface area contributed by atoms with E-state index in [9.17, 15) is 0 Å². The van der Waals surface area contributed by atoms with E-state index in [0.29, 0.717) is 17.3 Å². The van der Waals surface area contributed by atoms with Gasteiger partial charge in [-0.05, 0) is 18.6 Å². The highest BCUT2D eigenvalue weighted by atomic mass is 35.5. The van der Waals surface area contributed by atoms with Crippen molar-refractivity contribution in [2.45, 2.75) is 13.5 Å². The van der Waals surface area contributed by atoms with Crippen molar-refractivity contribution in [3.05, 3.63) is 35.1 Å². The molecule has 0 atom stereocenters. The van der Waals surface area contributed by atoms with Gasteiger partial charge in [0.2, 0.25) is 0 Å². The lowest BCUT2D eigenvalue weighted by Crippen LogP contribution is -2.03. The molecule has 0 bridgehead atoms. The standard InChI is InChI=1S/C13H16ClN3O/c1-9-12(15)4-3-11(13(9)14)10-7-16-17(8-10)5-6-18-2/h3-4,7-8H,5-6,15H2,1-2H3. The molecule has 1 aromatic carbocycles. The van der Waals surface area contributed by atoms with Crippen LogP contribution in [0.2, 0.25) is 5.02 Å². The molecule has 2 aromatic rings. The van der Waals surface area contributed by atoms with Gasteiger partial charge >= 0.3 is 0 Å². The molecule has 0 radical (unpaired) electrons. The zero-order valence-electron chi connectivity index (χ0n) is 10.5. The molecule has 5 heteroatoms. The largest absolute Gasteiger partial charge is 0.398 e. The van der Waals surface area contributed by atoms with E-state index in [1.165, 1.54) is 0 Å². The quantitative estimate of drug-likeness (QED) is 0.865. The van der Waals surface area contributed by atoms with E-state index in [2.05, 4.69) is 5.10 Å². The van der Waals surface area contributed by atoms with Gasteiger partial charge in [0.15, 0.2) is 0 Å². The molecule has 0 unspecified atom stereocenters. The first kappa shape index (κ1) is 12.9. The average Bonchev–Trinajstić information content (AvgIpc) is 2.82. The number of hydrogen-bond acceptors (Lipinski definition) is 3. The summed E-state index contributed by atoms with van der Waals surface area (Å²) in [5.74, 6) is 0. The smallest absolute Gasteiger partial charge is 0.0658 e. The highest BCUT2D eigenvalue weighted by molar-refractivity contribution is 6.34. The lowest BCUT2D eigenvalue weighted by atomic mass is 10.1. The van der Waals surface area contributed by atoms with Crippen molar-refractivity contribution in [2.24, 2.45) is 0 Å². The normalized spacial score (nSPS) is 10.8. The van der Waals surface area contributed by atoms with Gasteiger partial charge in [-0.3, -0.25) is 4.68 Å². The topological polar surface area (TPSA) is 53.1 Å². The summed E-state index contributed by atoms with van der Waals surface area (Å²) in [5, 5.41) is 4.95. The molecule has 4 nitrogen and oxygen atoms in total. The monoisotopic (exact) mass is 265 g/mol. The van der Waals surface area contributed by atoms with Crippen LogP contribution < -0.4 is 5.73 Å². The molecule has 18 heavy (non-hydrogen) atoms. The number of nitrogen functional groups attached to an aromatic ring is 1. The average molecular weight is 266 g/mol. The summed E-state index contributed by atoms with van der Waals surface area (Å²) in [6, 6.07) is 3.78. The van der Waals surface area contributed by atoms with Crippen LogP contribution in [0.25, 0.3) is 11.1 Å². The molecule has 2 rings (SSSR count). The molecule has 0 aliphatic carbocycles. The van der Waals surface area contributed by atoms with Crippen LogP contribution in [0.5, 0.6) is 0 Å².